The lowest BCUT2D eigenvalue weighted by Crippen LogP contribution is -2.61. The number of thiazole rings is 1. The summed E-state index contributed by atoms with van der Waals surface area (Å²) in [6.07, 6.45) is 0.963. The van der Waals surface area contributed by atoms with Crippen LogP contribution in [0.5, 0.6) is 5.75 Å². The molecular formula is C66H79F2N8O12PS2. The van der Waals surface area contributed by atoms with E-state index in [2.05, 4.69) is 26.3 Å². The van der Waals surface area contributed by atoms with Crippen molar-refractivity contribution >= 4 is 81.7 Å². The molecule has 6 aromatic rings. The Labute approximate surface area is 535 Å². The first-order valence-electron chi connectivity index (χ1n) is 30.4. The number of aryl methyl sites for hydroxylation is 1. The summed E-state index contributed by atoms with van der Waals surface area (Å²) in [4.78, 5) is 128. The highest BCUT2D eigenvalue weighted by Crippen LogP contribution is 2.59. The first kappa shape index (κ1) is 67.9. The summed E-state index contributed by atoms with van der Waals surface area (Å²) in [6.45, 7) is 14.9. The van der Waals surface area contributed by atoms with Crippen molar-refractivity contribution in [2.24, 2.45) is 10.8 Å². The predicted octanol–water partition coefficient (Wildman–Crippen LogP) is 8.71. The number of nitrogens with zero attached hydrogens (tertiary/aromatic N) is 4. The Morgan fingerprint density at radius 3 is 2.16 bits per heavy atom. The van der Waals surface area contributed by atoms with Gasteiger partial charge in [-0.3, -0.25) is 38.1 Å². The van der Waals surface area contributed by atoms with Crippen molar-refractivity contribution < 1.29 is 66.5 Å². The average Bonchev–Trinajstić information content (AvgIpc) is 1.66. The number of β-amino-alcohol motifs (C(OH)–C–C–N with tert-alkyl or cyclic N) is 1. The fourth-order valence-corrected chi connectivity index (χ4v) is 14.2. The number of aliphatic hydroxyl groups excluding tert-OH is 1. The molecule has 486 valence electrons. The molecule has 2 fully saturated rings. The maximum absolute atomic E-state index is 15.3. The number of amides is 7. The Balaban J connectivity index is 0.819. The summed E-state index contributed by atoms with van der Waals surface area (Å²) < 4.78 is 47.5. The van der Waals surface area contributed by atoms with Crippen LogP contribution >= 0.6 is 30.3 Å². The summed E-state index contributed by atoms with van der Waals surface area (Å²) in [6, 6.07) is 22.6. The molecule has 0 saturated carbocycles. The molecule has 5 heterocycles. The first-order valence-corrected chi connectivity index (χ1v) is 33.7. The van der Waals surface area contributed by atoms with E-state index in [0.717, 1.165) is 69.1 Å². The lowest BCUT2D eigenvalue weighted by Gasteiger charge is -2.43. The maximum atomic E-state index is 15.3. The van der Waals surface area contributed by atoms with Crippen LogP contribution in [0.15, 0.2) is 103 Å². The van der Waals surface area contributed by atoms with E-state index in [4.69, 9.17) is 4.74 Å². The van der Waals surface area contributed by atoms with Gasteiger partial charge in [0.2, 0.25) is 29.5 Å². The molecule has 4 aromatic carbocycles. The van der Waals surface area contributed by atoms with E-state index < -0.39 is 108 Å². The Morgan fingerprint density at radius 2 is 1.49 bits per heavy atom. The van der Waals surface area contributed by atoms with Crippen LogP contribution < -0.4 is 26.0 Å². The number of carbonyl (C=O) groups is 7. The molecule has 7 N–H and O–H groups in total. The van der Waals surface area contributed by atoms with Gasteiger partial charge in [0.25, 0.3) is 11.8 Å². The Hall–Kier alpha value is -7.47. The standard InChI is InChI=1S/C66H79F2N8O12PS2/c1-38(40-18-20-42(21-19-40)56-39(2)70-37-90-56)71-59(80)50-32-48(77)35-76(50)62(83)57(64(3,4)5)72-54(78)17-12-26-69-55(79)36-88-49-24-22-43-30-51(61(82)74-27-13-16-44(33-74)41-14-10-9-11-15-41)75(34-46(43)29-49)63(84)58(65(6,7)8)73-60(81)53-31-45-28-47(23-25-52(45)91-53)66(67,68)89(85,86)87/h9-11,14-15,18-25,28-29,31,37-38,44,48,50-51,57-58,77H,12-13,16-17,26-27,30,32-36H2,1-8H3,(H,69,79)(H,71,80)(H,72,78)(H,73,81)(H2,85,86,87)/t38-,44-,48+,50-,51-,57+,58+/m0/s1. The van der Waals surface area contributed by atoms with Gasteiger partial charge in [0.1, 0.15) is 29.9 Å². The lowest BCUT2D eigenvalue weighted by atomic mass is 9.83. The topological polar surface area (TPSA) is 277 Å². The maximum Gasteiger partial charge on any atom is 0.399 e. The number of ether oxygens (including phenoxy) is 1. The summed E-state index contributed by atoms with van der Waals surface area (Å²) in [5.41, 5.74) is -0.0512. The van der Waals surface area contributed by atoms with E-state index in [1.165, 1.54) is 21.9 Å². The molecule has 3 aliphatic heterocycles. The van der Waals surface area contributed by atoms with E-state index in [1.807, 2.05) is 68.4 Å². The van der Waals surface area contributed by atoms with Crippen molar-refractivity contribution in [3.8, 4) is 16.2 Å². The van der Waals surface area contributed by atoms with E-state index in [1.54, 1.807) is 81.5 Å². The van der Waals surface area contributed by atoms with Crippen molar-refractivity contribution in [3.63, 3.8) is 0 Å². The van der Waals surface area contributed by atoms with E-state index in [9.17, 15) is 57.0 Å². The number of hydrogen-bond donors (Lipinski definition) is 7. The van der Waals surface area contributed by atoms with Gasteiger partial charge in [0.15, 0.2) is 6.61 Å². The number of halogens is 2. The second kappa shape index (κ2) is 27.8. The highest BCUT2D eigenvalue weighted by atomic mass is 32.1. The summed E-state index contributed by atoms with van der Waals surface area (Å²) in [5, 5.41) is 22.4. The molecular weight excluding hydrogens is 1230 g/mol. The van der Waals surface area contributed by atoms with E-state index in [0.29, 0.717) is 29.1 Å². The zero-order valence-electron chi connectivity index (χ0n) is 52.2. The normalized spacial score (nSPS) is 19.0. The van der Waals surface area contributed by atoms with Gasteiger partial charge in [-0.1, -0.05) is 108 Å². The SMILES string of the molecule is Cc1ncsc1-c1ccc([C@H](C)NC(=O)[C@@H]2C[C@@H](O)CN2C(=O)[C@@H](NC(=O)CCCNC(=O)COc2ccc3c(c2)CN(C(=O)[C@@H](NC(=O)c2cc4cc(C(F)(F)P(=O)(O)O)ccc4s2)C(C)(C)C)[C@H](C(=O)N2CCC[C@H](c4ccccc4)C2)C3)C(C)(C)C)cc1. The molecule has 2 aromatic heterocycles. The first-order chi connectivity index (χ1) is 42.9. The zero-order chi connectivity index (χ0) is 65.9. The number of benzene rings is 4. The third kappa shape index (κ3) is 15.9. The van der Waals surface area contributed by atoms with Crippen LogP contribution in [0.2, 0.25) is 0 Å². The van der Waals surface area contributed by atoms with Crippen LogP contribution in [-0.2, 0) is 52.0 Å². The van der Waals surface area contributed by atoms with Gasteiger partial charge in [-0.05, 0) is 107 Å². The summed E-state index contributed by atoms with van der Waals surface area (Å²) in [7, 11) is -5.88. The van der Waals surface area contributed by atoms with Crippen LogP contribution in [0, 0.1) is 17.8 Å². The third-order valence-electron chi connectivity index (χ3n) is 17.1. The number of fused-ring (bicyclic) bond motifs is 2. The number of piperidine rings is 1. The highest BCUT2D eigenvalue weighted by molar-refractivity contribution is 7.52. The van der Waals surface area contributed by atoms with Gasteiger partial charge in [0.05, 0.1) is 33.1 Å². The smallest absolute Gasteiger partial charge is 0.399 e. The molecule has 0 spiro atoms. The van der Waals surface area contributed by atoms with Crippen LogP contribution in [-0.4, -0.2) is 139 Å². The number of alkyl halides is 2. The van der Waals surface area contributed by atoms with Gasteiger partial charge in [-0.25, -0.2) is 4.98 Å². The monoisotopic (exact) mass is 1310 g/mol. The quantitative estimate of drug-likeness (QED) is 0.0279. The van der Waals surface area contributed by atoms with Gasteiger partial charge < -0.3 is 55.6 Å². The molecule has 20 nitrogen and oxygen atoms in total. The largest absolute Gasteiger partial charge is 0.484 e. The predicted molar refractivity (Wildman–Crippen MR) is 342 cm³/mol. The molecule has 0 unspecified atom stereocenters. The molecule has 0 radical (unpaired) electrons. The van der Waals surface area contributed by atoms with Gasteiger partial charge in [0, 0.05) is 68.2 Å². The highest BCUT2D eigenvalue weighted by Gasteiger charge is 2.51. The van der Waals surface area contributed by atoms with Crippen LogP contribution in [0.3, 0.4) is 0 Å². The van der Waals surface area contributed by atoms with Gasteiger partial charge in [-0.15, -0.1) is 22.7 Å². The number of likely N-dealkylation sites (tertiary alicyclic amines) is 2. The van der Waals surface area contributed by atoms with Crippen LogP contribution in [0.25, 0.3) is 20.5 Å². The van der Waals surface area contributed by atoms with Crippen molar-refractivity contribution in [2.75, 3.05) is 32.8 Å². The second-order valence-corrected chi connectivity index (χ2v) is 29.6. The van der Waals surface area contributed by atoms with Crippen LogP contribution in [0.1, 0.15) is 136 Å². The minimum Gasteiger partial charge on any atom is -0.484 e. The second-order valence-electron chi connectivity index (χ2n) is 26.0. The molecule has 25 heteroatoms. The average molecular weight is 1310 g/mol. The Morgan fingerprint density at radius 1 is 0.802 bits per heavy atom. The Bertz CT molecular complexity index is 3740. The van der Waals surface area contributed by atoms with E-state index >= 15 is 4.79 Å². The number of nitrogens with one attached hydrogen (secondary N) is 4. The zero-order valence-corrected chi connectivity index (χ0v) is 54.7. The Kier molecular flexibility index (Phi) is 20.7. The fraction of sp³-hybridized carbons (Fsp3) is 0.455. The molecule has 2 saturated heterocycles. The minimum absolute atomic E-state index is 0.0290. The van der Waals surface area contributed by atoms with Crippen molar-refractivity contribution in [2.45, 2.75) is 148 Å². The number of thiophene rings is 1. The molecule has 3 aliphatic rings. The van der Waals surface area contributed by atoms with Crippen molar-refractivity contribution in [1.82, 2.24) is 41.0 Å². The molecule has 0 aliphatic carbocycles. The summed E-state index contributed by atoms with van der Waals surface area (Å²) in [5.74, 6) is -3.03. The number of carbonyl (C=O) groups excluding carboxylic acids is 7. The molecule has 91 heavy (non-hydrogen) atoms. The van der Waals surface area contributed by atoms with Crippen molar-refractivity contribution in [3.05, 3.63) is 141 Å². The molecule has 0 bridgehead atoms. The van der Waals surface area contributed by atoms with Crippen molar-refractivity contribution in [1.29, 1.82) is 0 Å². The van der Waals surface area contributed by atoms with E-state index in [-0.39, 0.29) is 67.4 Å². The molecule has 7 amide bonds. The summed E-state index contributed by atoms with van der Waals surface area (Å²) >= 11 is 2.49. The number of hydrogen-bond acceptors (Lipinski definition) is 13. The van der Waals surface area contributed by atoms with Crippen LogP contribution in [0.4, 0.5) is 8.78 Å². The molecule has 7 atom stereocenters. The number of aliphatic hydroxyl groups is 1. The third-order valence-corrected chi connectivity index (χ3v) is 20.1. The molecule has 9 rings (SSSR count). The number of aromatic nitrogens is 1. The van der Waals surface area contributed by atoms with Gasteiger partial charge in [-0.2, -0.15) is 8.78 Å². The lowest BCUT2D eigenvalue weighted by molar-refractivity contribution is -0.150. The minimum atomic E-state index is -5.88. The fourth-order valence-electron chi connectivity index (χ4n) is 11.9. The van der Waals surface area contributed by atoms with Gasteiger partial charge >= 0.3 is 13.3 Å². The number of rotatable bonds is 20.